The first-order valence-electron chi connectivity index (χ1n) is 12.6. The maximum absolute atomic E-state index is 13.6. The van der Waals surface area contributed by atoms with Gasteiger partial charge in [0.05, 0.1) is 6.54 Å². The minimum absolute atomic E-state index is 0.184. The number of nitrogens with one attached hydrogen (secondary N) is 2. The smallest absolute Gasteiger partial charge is 0.408 e. The van der Waals surface area contributed by atoms with E-state index in [9.17, 15) is 19.2 Å². The summed E-state index contributed by atoms with van der Waals surface area (Å²) in [6.45, 7) is 5.67. The summed E-state index contributed by atoms with van der Waals surface area (Å²) in [4.78, 5) is 51.3. The van der Waals surface area contributed by atoms with E-state index in [-0.39, 0.29) is 13.0 Å². The molecule has 0 spiro atoms. The van der Waals surface area contributed by atoms with E-state index >= 15 is 0 Å². The Hall–Kier alpha value is -4.08. The van der Waals surface area contributed by atoms with Gasteiger partial charge in [-0.2, -0.15) is 0 Å². The van der Waals surface area contributed by atoms with Crippen molar-refractivity contribution < 1.29 is 28.7 Å². The minimum Gasteiger partial charge on any atom is -0.489 e. The number of hydrogen-bond acceptors (Lipinski definition) is 6. The van der Waals surface area contributed by atoms with E-state index in [0.29, 0.717) is 31.7 Å². The maximum atomic E-state index is 13.6. The fourth-order valence-corrected chi connectivity index (χ4v) is 4.14. The number of likely N-dealkylation sites (tertiary alicyclic amines) is 1. The molecule has 1 aliphatic rings. The third-order valence-electron chi connectivity index (χ3n) is 5.88. The summed E-state index contributed by atoms with van der Waals surface area (Å²) in [6, 6.07) is 15.4. The van der Waals surface area contributed by atoms with Crippen LogP contribution < -0.4 is 21.1 Å². The van der Waals surface area contributed by atoms with Crippen LogP contribution in [0.3, 0.4) is 0 Å². The molecule has 1 saturated heterocycles. The van der Waals surface area contributed by atoms with E-state index < -0.39 is 41.5 Å². The van der Waals surface area contributed by atoms with Crippen LogP contribution in [0.1, 0.15) is 44.7 Å². The molecule has 2 atom stereocenters. The molecular formula is C28H36N4O6. The van der Waals surface area contributed by atoms with Gasteiger partial charge in [-0.1, -0.05) is 42.5 Å². The Kier molecular flexibility index (Phi) is 9.70. The topological polar surface area (TPSA) is 140 Å². The first-order valence-corrected chi connectivity index (χ1v) is 12.6. The van der Waals surface area contributed by atoms with Crippen LogP contribution in [-0.4, -0.2) is 59.5 Å². The Morgan fingerprint density at radius 3 is 2.34 bits per heavy atom. The molecule has 0 radical (unpaired) electrons. The van der Waals surface area contributed by atoms with Gasteiger partial charge in [0.1, 0.15) is 30.0 Å². The van der Waals surface area contributed by atoms with Crippen molar-refractivity contribution in [2.75, 3.05) is 13.1 Å². The summed E-state index contributed by atoms with van der Waals surface area (Å²) in [5.74, 6) is -0.858. The molecule has 0 saturated carbocycles. The Balaban J connectivity index is 1.71. The summed E-state index contributed by atoms with van der Waals surface area (Å²) in [7, 11) is 0. The average molecular weight is 525 g/mol. The molecule has 4 N–H and O–H groups in total. The minimum atomic E-state index is -0.967. The number of rotatable bonds is 10. The number of carbonyl (C=O) groups is 4. The first-order chi connectivity index (χ1) is 18.0. The van der Waals surface area contributed by atoms with Crippen LogP contribution in [0.4, 0.5) is 4.79 Å². The van der Waals surface area contributed by atoms with Gasteiger partial charge in [0.15, 0.2) is 0 Å². The second-order valence-corrected chi connectivity index (χ2v) is 10.2. The van der Waals surface area contributed by atoms with Crippen molar-refractivity contribution in [2.45, 2.75) is 64.3 Å². The fourth-order valence-electron chi connectivity index (χ4n) is 4.14. The van der Waals surface area contributed by atoms with Crippen molar-refractivity contribution in [2.24, 2.45) is 5.73 Å². The highest BCUT2D eigenvalue weighted by atomic mass is 16.6. The highest BCUT2D eigenvalue weighted by Crippen LogP contribution is 2.21. The molecule has 38 heavy (non-hydrogen) atoms. The summed E-state index contributed by atoms with van der Waals surface area (Å²) in [6.07, 6.45) is 0.520. The molecule has 10 nitrogen and oxygen atoms in total. The summed E-state index contributed by atoms with van der Waals surface area (Å²) >= 11 is 0. The molecule has 0 unspecified atom stereocenters. The van der Waals surface area contributed by atoms with E-state index in [2.05, 4.69) is 10.6 Å². The zero-order valence-electron chi connectivity index (χ0n) is 22.1. The van der Waals surface area contributed by atoms with E-state index in [1.165, 1.54) is 4.90 Å². The molecule has 3 rings (SSSR count). The van der Waals surface area contributed by atoms with Crippen molar-refractivity contribution >= 4 is 23.8 Å². The van der Waals surface area contributed by atoms with Gasteiger partial charge in [-0.25, -0.2) is 4.79 Å². The third kappa shape index (κ3) is 8.79. The average Bonchev–Trinajstić information content (AvgIpc) is 3.35. The largest absolute Gasteiger partial charge is 0.489 e. The maximum Gasteiger partial charge on any atom is 0.408 e. The van der Waals surface area contributed by atoms with E-state index in [1.807, 2.05) is 54.6 Å². The first kappa shape index (κ1) is 28.5. The number of ether oxygens (including phenoxy) is 2. The molecule has 0 bridgehead atoms. The van der Waals surface area contributed by atoms with Crippen LogP contribution in [-0.2, 0) is 32.1 Å². The normalized spacial score (nSPS) is 15.9. The van der Waals surface area contributed by atoms with Crippen molar-refractivity contribution in [3.63, 3.8) is 0 Å². The van der Waals surface area contributed by atoms with Gasteiger partial charge in [0.25, 0.3) is 0 Å². The lowest BCUT2D eigenvalue weighted by Crippen LogP contribution is -2.55. The Bertz CT molecular complexity index is 1110. The lowest BCUT2D eigenvalue weighted by molar-refractivity contribution is -0.140. The van der Waals surface area contributed by atoms with Crippen molar-refractivity contribution in [3.8, 4) is 5.75 Å². The van der Waals surface area contributed by atoms with Gasteiger partial charge in [-0.3, -0.25) is 14.4 Å². The summed E-state index contributed by atoms with van der Waals surface area (Å²) in [5.41, 5.74) is 6.22. The predicted octanol–water partition coefficient (Wildman–Crippen LogP) is 2.29. The quantitative estimate of drug-likeness (QED) is 0.436. The van der Waals surface area contributed by atoms with Crippen LogP contribution >= 0.6 is 0 Å². The van der Waals surface area contributed by atoms with Crippen LogP contribution in [0.5, 0.6) is 5.75 Å². The van der Waals surface area contributed by atoms with Gasteiger partial charge < -0.3 is 30.7 Å². The fraction of sp³-hybridized carbons (Fsp3) is 0.429. The molecular weight excluding hydrogens is 488 g/mol. The summed E-state index contributed by atoms with van der Waals surface area (Å²) < 4.78 is 11.2. The zero-order chi connectivity index (χ0) is 27.7. The lowest BCUT2D eigenvalue weighted by Gasteiger charge is -2.29. The number of carbonyl (C=O) groups excluding carboxylic acids is 4. The van der Waals surface area contributed by atoms with Gasteiger partial charge in [0, 0.05) is 13.0 Å². The van der Waals surface area contributed by atoms with Gasteiger partial charge in [0.2, 0.25) is 17.7 Å². The third-order valence-corrected chi connectivity index (χ3v) is 5.88. The van der Waals surface area contributed by atoms with E-state index in [4.69, 9.17) is 15.2 Å². The second-order valence-electron chi connectivity index (χ2n) is 10.2. The molecule has 10 heteroatoms. The number of nitrogens with two attached hydrogens (primary N) is 1. The van der Waals surface area contributed by atoms with Crippen LogP contribution in [0, 0.1) is 0 Å². The van der Waals surface area contributed by atoms with Gasteiger partial charge in [-0.15, -0.1) is 0 Å². The number of nitrogens with zero attached hydrogens (tertiary/aromatic N) is 1. The molecule has 0 aromatic heterocycles. The number of alkyl carbamates (subject to hydrolysis) is 1. The standard InChI is InChI=1S/C28H36N4O6/c1-28(2,3)38-27(36)31-22(26(35)32-15-7-10-23(32)25(34)30-17-24(29)33)16-19-11-13-21(14-12-19)37-18-20-8-5-4-6-9-20/h4-6,8-9,11-14,22-23H,7,10,15-18H2,1-3H3,(H2,29,33)(H,30,34)(H,31,36)/t22-,23-/m1/s1. The number of hydrogen-bond donors (Lipinski definition) is 3. The molecule has 1 aliphatic heterocycles. The second kappa shape index (κ2) is 12.9. The number of amides is 4. The molecule has 1 heterocycles. The van der Waals surface area contributed by atoms with Gasteiger partial charge >= 0.3 is 6.09 Å². The summed E-state index contributed by atoms with van der Waals surface area (Å²) in [5, 5.41) is 5.15. The lowest BCUT2D eigenvalue weighted by atomic mass is 10.0. The van der Waals surface area contributed by atoms with Crippen molar-refractivity contribution in [1.29, 1.82) is 0 Å². The van der Waals surface area contributed by atoms with Crippen LogP contribution in [0.25, 0.3) is 0 Å². The Morgan fingerprint density at radius 1 is 1.03 bits per heavy atom. The van der Waals surface area contributed by atoms with Crippen LogP contribution in [0.2, 0.25) is 0 Å². The molecule has 2 aromatic carbocycles. The highest BCUT2D eigenvalue weighted by molar-refractivity contribution is 5.93. The number of benzene rings is 2. The molecule has 1 fully saturated rings. The van der Waals surface area contributed by atoms with E-state index in [1.54, 1.807) is 20.8 Å². The highest BCUT2D eigenvalue weighted by Gasteiger charge is 2.38. The Morgan fingerprint density at radius 2 is 1.71 bits per heavy atom. The van der Waals surface area contributed by atoms with Gasteiger partial charge in [-0.05, 0) is 56.9 Å². The molecule has 2 aromatic rings. The monoisotopic (exact) mass is 524 g/mol. The van der Waals surface area contributed by atoms with Crippen molar-refractivity contribution in [3.05, 3.63) is 65.7 Å². The molecule has 4 amide bonds. The number of primary amides is 1. The molecule has 204 valence electrons. The molecule has 0 aliphatic carbocycles. The van der Waals surface area contributed by atoms with E-state index in [0.717, 1.165) is 11.1 Å². The zero-order valence-corrected chi connectivity index (χ0v) is 22.1. The SMILES string of the molecule is CC(C)(C)OC(=O)N[C@H](Cc1ccc(OCc2ccccc2)cc1)C(=O)N1CCC[C@@H]1C(=O)NCC(N)=O. The van der Waals surface area contributed by atoms with Crippen LogP contribution in [0.15, 0.2) is 54.6 Å². The predicted molar refractivity (Wildman–Crippen MR) is 141 cm³/mol. The Labute approximate surface area is 222 Å². The van der Waals surface area contributed by atoms with Crippen molar-refractivity contribution in [1.82, 2.24) is 15.5 Å².